The van der Waals surface area contributed by atoms with Crippen LogP contribution in [0, 0.1) is 0 Å². The lowest BCUT2D eigenvalue weighted by Crippen LogP contribution is -2.50. The lowest BCUT2D eigenvalue weighted by atomic mass is 9.88. The van der Waals surface area contributed by atoms with Crippen molar-refractivity contribution in [2.45, 2.75) is 19.1 Å². The predicted octanol–water partition coefficient (Wildman–Crippen LogP) is 4.10. The summed E-state index contributed by atoms with van der Waals surface area (Å²) in [5.74, 6) is 1.59. The minimum atomic E-state index is -0.973. The fourth-order valence-electron chi connectivity index (χ4n) is 4.15. The van der Waals surface area contributed by atoms with E-state index in [9.17, 15) is 4.79 Å². The van der Waals surface area contributed by atoms with Gasteiger partial charge in [-0.25, -0.2) is 0 Å². The first kappa shape index (κ1) is 20.0. The van der Waals surface area contributed by atoms with Crippen LogP contribution < -0.4 is 9.47 Å². The molecule has 0 aliphatic carbocycles. The van der Waals surface area contributed by atoms with Crippen molar-refractivity contribution < 1.29 is 19.0 Å². The van der Waals surface area contributed by atoms with Crippen molar-refractivity contribution >= 4 is 23.4 Å². The number of hydrogen-bond acceptors (Lipinski definition) is 4. The molecule has 2 aromatic carbocycles. The van der Waals surface area contributed by atoms with Crippen molar-refractivity contribution in [1.29, 1.82) is 0 Å². The molecule has 30 heavy (non-hydrogen) atoms. The SMILES string of the molecule is CCO[C@]1(/C=C/c2c[nH]c3ccc(OC)cc23)c2ccc(OC)cc2CCN1C=O. The standard InChI is InChI=1S/C24H26N2O4/c1-4-30-24(11-9-18-15-25-23-8-6-20(29-3)14-21(18)23)22-7-5-19(28-2)13-17(22)10-12-26(24)16-27/h5-9,11,13-16,25H,4,10,12H2,1-3H3/b11-9+/t24-/m1/s1. The van der Waals surface area contributed by atoms with Gasteiger partial charge in [0.25, 0.3) is 0 Å². The lowest BCUT2D eigenvalue weighted by molar-refractivity contribution is -0.154. The van der Waals surface area contributed by atoms with Crippen molar-refractivity contribution in [2.24, 2.45) is 0 Å². The van der Waals surface area contributed by atoms with Crippen LogP contribution in [0.2, 0.25) is 0 Å². The summed E-state index contributed by atoms with van der Waals surface area (Å²) in [4.78, 5) is 17.0. The number of carbonyl (C=O) groups is 1. The van der Waals surface area contributed by atoms with E-state index in [-0.39, 0.29) is 0 Å². The number of H-pyrrole nitrogens is 1. The Balaban J connectivity index is 1.83. The second kappa shape index (κ2) is 8.24. The van der Waals surface area contributed by atoms with Gasteiger partial charge in [-0.15, -0.1) is 0 Å². The van der Waals surface area contributed by atoms with Gasteiger partial charge < -0.3 is 24.1 Å². The number of methoxy groups -OCH3 is 2. The Labute approximate surface area is 176 Å². The van der Waals surface area contributed by atoms with E-state index in [1.54, 1.807) is 19.1 Å². The number of fused-ring (bicyclic) bond motifs is 2. The molecule has 2 heterocycles. The minimum absolute atomic E-state index is 0.460. The molecule has 3 aromatic rings. The maximum atomic E-state index is 12.0. The fraction of sp³-hybridized carbons (Fsp3) is 0.292. The number of rotatable bonds is 7. The third kappa shape index (κ3) is 3.33. The first-order valence-electron chi connectivity index (χ1n) is 10.0. The summed E-state index contributed by atoms with van der Waals surface area (Å²) < 4.78 is 17.0. The zero-order chi connectivity index (χ0) is 21.1. The normalized spacial score (nSPS) is 18.6. The van der Waals surface area contributed by atoms with Crippen LogP contribution in [-0.2, 0) is 21.7 Å². The number of ether oxygens (including phenoxy) is 3. The number of aromatic amines is 1. The van der Waals surface area contributed by atoms with Crippen LogP contribution in [0.15, 0.2) is 48.7 Å². The van der Waals surface area contributed by atoms with Crippen LogP contribution in [0.3, 0.4) is 0 Å². The molecule has 0 bridgehead atoms. The van der Waals surface area contributed by atoms with Gasteiger partial charge >= 0.3 is 0 Å². The first-order valence-corrected chi connectivity index (χ1v) is 10.0. The van der Waals surface area contributed by atoms with Gasteiger partial charge in [-0.05, 0) is 66.9 Å². The van der Waals surface area contributed by atoms with E-state index >= 15 is 0 Å². The number of benzene rings is 2. The van der Waals surface area contributed by atoms with Gasteiger partial charge in [-0.1, -0.05) is 6.08 Å². The Kier molecular flexibility index (Phi) is 5.50. The van der Waals surface area contributed by atoms with Crippen LogP contribution in [0.1, 0.15) is 23.6 Å². The third-order valence-corrected chi connectivity index (χ3v) is 5.65. The summed E-state index contributed by atoms with van der Waals surface area (Å²) in [6.07, 6.45) is 7.54. The largest absolute Gasteiger partial charge is 0.497 e. The van der Waals surface area contributed by atoms with E-state index in [1.165, 1.54) is 0 Å². The molecule has 1 atom stereocenters. The van der Waals surface area contributed by atoms with Crippen molar-refractivity contribution in [1.82, 2.24) is 9.88 Å². The minimum Gasteiger partial charge on any atom is -0.497 e. The van der Waals surface area contributed by atoms with Crippen LogP contribution >= 0.6 is 0 Å². The number of nitrogens with zero attached hydrogens (tertiary/aromatic N) is 1. The topological polar surface area (TPSA) is 63.8 Å². The number of carbonyl (C=O) groups excluding carboxylic acids is 1. The number of nitrogens with one attached hydrogen (secondary N) is 1. The quantitative estimate of drug-likeness (QED) is 0.600. The highest BCUT2D eigenvalue weighted by molar-refractivity contribution is 5.90. The molecule has 1 aliphatic rings. The highest BCUT2D eigenvalue weighted by Crippen LogP contribution is 2.39. The molecule has 0 radical (unpaired) electrons. The van der Waals surface area contributed by atoms with Crippen LogP contribution in [0.25, 0.3) is 17.0 Å². The second-order valence-corrected chi connectivity index (χ2v) is 7.19. The Morgan fingerprint density at radius 3 is 2.63 bits per heavy atom. The highest BCUT2D eigenvalue weighted by Gasteiger charge is 2.41. The molecular weight excluding hydrogens is 380 g/mol. The van der Waals surface area contributed by atoms with E-state index in [4.69, 9.17) is 14.2 Å². The van der Waals surface area contributed by atoms with Gasteiger partial charge in [0, 0.05) is 35.8 Å². The molecule has 1 N–H and O–H groups in total. The summed E-state index contributed by atoms with van der Waals surface area (Å²) in [6, 6.07) is 11.8. The van der Waals surface area contributed by atoms with Crippen molar-refractivity contribution in [3.63, 3.8) is 0 Å². The fourth-order valence-corrected chi connectivity index (χ4v) is 4.15. The molecule has 6 heteroatoms. The molecule has 0 saturated heterocycles. The Morgan fingerprint density at radius 2 is 1.90 bits per heavy atom. The van der Waals surface area contributed by atoms with Gasteiger partial charge in [0.1, 0.15) is 11.5 Å². The Hall–Kier alpha value is -3.25. The molecule has 1 aromatic heterocycles. The maximum absolute atomic E-state index is 12.0. The van der Waals surface area contributed by atoms with E-state index in [0.29, 0.717) is 13.2 Å². The van der Waals surface area contributed by atoms with Crippen LogP contribution in [0.4, 0.5) is 0 Å². The molecule has 156 valence electrons. The molecule has 1 amide bonds. The van der Waals surface area contributed by atoms with Gasteiger partial charge in [0.2, 0.25) is 6.41 Å². The third-order valence-electron chi connectivity index (χ3n) is 5.65. The van der Waals surface area contributed by atoms with Gasteiger partial charge in [-0.2, -0.15) is 0 Å². The number of hydrogen-bond donors (Lipinski definition) is 1. The van der Waals surface area contributed by atoms with E-state index in [2.05, 4.69) is 4.98 Å². The second-order valence-electron chi connectivity index (χ2n) is 7.19. The summed E-state index contributed by atoms with van der Waals surface area (Å²) in [7, 11) is 3.31. The van der Waals surface area contributed by atoms with E-state index in [0.717, 1.165) is 51.9 Å². The zero-order valence-corrected chi connectivity index (χ0v) is 17.5. The smallest absolute Gasteiger partial charge is 0.212 e. The summed E-state index contributed by atoms with van der Waals surface area (Å²) >= 11 is 0. The average Bonchev–Trinajstić information content (AvgIpc) is 3.19. The van der Waals surface area contributed by atoms with Crippen molar-refractivity contribution in [3.8, 4) is 11.5 Å². The molecule has 1 aliphatic heterocycles. The number of amides is 1. The highest BCUT2D eigenvalue weighted by atomic mass is 16.5. The summed E-state index contributed by atoms with van der Waals surface area (Å²) in [5, 5.41) is 1.04. The van der Waals surface area contributed by atoms with Crippen LogP contribution in [0.5, 0.6) is 11.5 Å². The lowest BCUT2D eigenvalue weighted by Gasteiger charge is -2.44. The van der Waals surface area contributed by atoms with E-state index < -0.39 is 5.72 Å². The summed E-state index contributed by atoms with van der Waals surface area (Å²) in [5.41, 5.74) is 3.11. The maximum Gasteiger partial charge on any atom is 0.212 e. The van der Waals surface area contributed by atoms with E-state index in [1.807, 2.05) is 61.7 Å². The Morgan fingerprint density at radius 1 is 1.13 bits per heavy atom. The summed E-state index contributed by atoms with van der Waals surface area (Å²) in [6.45, 7) is 2.96. The average molecular weight is 406 g/mol. The van der Waals surface area contributed by atoms with Crippen LogP contribution in [-0.4, -0.2) is 43.7 Å². The molecule has 6 nitrogen and oxygen atoms in total. The van der Waals surface area contributed by atoms with Crippen molar-refractivity contribution in [2.75, 3.05) is 27.4 Å². The first-order chi connectivity index (χ1) is 14.6. The van der Waals surface area contributed by atoms with Gasteiger partial charge in [0.15, 0.2) is 5.72 Å². The number of aromatic nitrogens is 1. The molecule has 0 saturated carbocycles. The molecule has 0 fully saturated rings. The predicted molar refractivity (Wildman–Crippen MR) is 117 cm³/mol. The zero-order valence-electron chi connectivity index (χ0n) is 17.5. The molecule has 0 spiro atoms. The van der Waals surface area contributed by atoms with Gasteiger partial charge in [0.05, 0.1) is 14.2 Å². The molecule has 0 unspecified atom stereocenters. The van der Waals surface area contributed by atoms with Gasteiger partial charge in [-0.3, -0.25) is 4.79 Å². The molecule has 4 rings (SSSR count). The Bertz CT molecular complexity index is 1090. The van der Waals surface area contributed by atoms with Crippen molar-refractivity contribution in [3.05, 3.63) is 65.4 Å². The molecular formula is C24H26N2O4. The monoisotopic (exact) mass is 406 g/mol.